The number of nitrogens with one attached hydrogen (secondary N) is 1. The van der Waals surface area contributed by atoms with E-state index in [-0.39, 0.29) is 0 Å². The van der Waals surface area contributed by atoms with Crippen molar-refractivity contribution in [3.8, 4) is 0 Å². The summed E-state index contributed by atoms with van der Waals surface area (Å²) in [4.78, 5) is 12.2. The molecule has 1 saturated carbocycles. The first-order valence-electron chi connectivity index (χ1n) is 10.6. The Kier molecular flexibility index (Phi) is 9.72. The van der Waals surface area contributed by atoms with Crippen LogP contribution in [0, 0.1) is 11.8 Å². The van der Waals surface area contributed by atoms with Crippen LogP contribution in [0.15, 0.2) is 4.99 Å². The van der Waals surface area contributed by atoms with E-state index >= 15 is 0 Å². The van der Waals surface area contributed by atoms with Gasteiger partial charge in [-0.3, -0.25) is 4.99 Å². The largest absolute Gasteiger partial charge is 0.379 e. The van der Waals surface area contributed by atoms with Crippen LogP contribution in [0.5, 0.6) is 0 Å². The third-order valence-corrected chi connectivity index (χ3v) is 5.35. The molecule has 1 aliphatic carbocycles. The molecule has 6 nitrogen and oxygen atoms in total. The first-order chi connectivity index (χ1) is 12.6. The average molecular weight is 368 g/mol. The van der Waals surface area contributed by atoms with E-state index in [4.69, 9.17) is 9.73 Å². The van der Waals surface area contributed by atoms with E-state index in [1.807, 2.05) is 0 Å². The fraction of sp³-hybridized carbons (Fsp3) is 0.950. The summed E-state index contributed by atoms with van der Waals surface area (Å²) in [7, 11) is 2.11. The van der Waals surface area contributed by atoms with Crippen molar-refractivity contribution < 1.29 is 4.74 Å². The molecule has 2 rings (SSSR count). The maximum atomic E-state index is 5.77. The van der Waals surface area contributed by atoms with E-state index in [2.05, 4.69) is 47.8 Å². The van der Waals surface area contributed by atoms with E-state index in [0.717, 1.165) is 51.3 Å². The number of hydrogen-bond acceptors (Lipinski definition) is 4. The van der Waals surface area contributed by atoms with Crippen LogP contribution in [-0.2, 0) is 4.74 Å². The summed E-state index contributed by atoms with van der Waals surface area (Å²) in [5, 5.41) is 3.42. The van der Waals surface area contributed by atoms with Crippen LogP contribution < -0.4 is 5.32 Å². The highest BCUT2D eigenvalue weighted by atomic mass is 16.5. The topological polar surface area (TPSA) is 43.3 Å². The molecule has 0 amide bonds. The molecule has 1 saturated heterocycles. The molecule has 1 aliphatic heterocycles. The monoisotopic (exact) mass is 367 g/mol. The van der Waals surface area contributed by atoms with Gasteiger partial charge in [0.1, 0.15) is 0 Å². The van der Waals surface area contributed by atoms with E-state index in [1.165, 1.54) is 45.6 Å². The van der Waals surface area contributed by atoms with Crippen molar-refractivity contribution in [2.75, 3.05) is 79.2 Å². The fourth-order valence-corrected chi connectivity index (χ4v) is 3.34. The number of aliphatic imine (C=N–C) groups is 1. The molecule has 6 heteroatoms. The Hall–Kier alpha value is -0.850. The Morgan fingerprint density at radius 1 is 1.19 bits per heavy atom. The van der Waals surface area contributed by atoms with Crippen molar-refractivity contribution in [3.63, 3.8) is 0 Å². The van der Waals surface area contributed by atoms with Gasteiger partial charge in [0.15, 0.2) is 5.96 Å². The van der Waals surface area contributed by atoms with Crippen molar-refractivity contribution in [3.05, 3.63) is 0 Å². The molecule has 0 aromatic carbocycles. The van der Waals surface area contributed by atoms with Gasteiger partial charge in [0, 0.05) is 66.0 Å². The minimum absolute atomic E-state index is 0.580. The van der Waals surface area contributed by atoms with Crippen molar-refractivity contribution >= 4 is 5.96 Å². The van der Waals surface area contributed by atoms with Gasteiger partial charge in [0.2, 0.25) is 0 Å². The van der Waals surface area contributed by atoms with Gasteiger partial charge in [0.25, 0.3) is 0 Å². The predicted octanol–water partition coefficient (Wildman–Crippen LogP) is 1.58. The lowest BCUT2D eigenvalue weighted by molar-refractivity contribution is 0.115. The van der Waals surface area contributed by atoms with Gasteiger partial charge in [-0.2, -0.15) is 0 Å². The van der Waals surface area contributed by atoms with E-state index in [9.17, 15) is 0 Å². The molecule has 152 valence electrons. The van der Waals surface area contributed by atoms with Gasteiger partial charge >= 0.3 is 0 Å². The molecule has 1 heterocycles. The first kappa shape index (κ1) is 21.5. The number of guanidine groups is 1. The number of piperazine rings is 1. The van der Waals surface area contributed by atoms with Gasteiger partial charge in [-0.25, -0.2) is 0 Å². The summed E-state index contributed by atoms with van der Waals surface area (Å²) in [5.74, 6) is 2.42. The van der Waals surface area contributed by atoms with Gasteiger partial charge in [-0.05, 0) is 38.1 Å². The van der Waals surface area contributed by atoms with Crippen LogP contribution in [0.25, 0.3) is 0 Å². The summed E-state index contributed by atoms with van der Waals surface area (Å²) in [6, 6.07) is 0. The Labute approximate surface area is 160 Å². The van der Waals surface area contributed by atoms with Gasteiger partial charge in [-0.15, -0.1) is 0 Å². The standard InChI is InChI=1S/C20H41N5O/c1-5-21-20(23(4)13-14-26-17-19-7-8-19)22-15-18(3)16-25-11-9-24(6-2)10-12-25/h18-19H,5-17H2,1-4H3,(H,21,22). The molecular weight excluding hydrogens is 326 g/mol. The minimum atomic E-state index is 0.580. The number of likely N-dealkylation sites (N-methyl/N-ethyl adjacent to an activating group) is 2. The molecule has 1 unspecified atom stereocenters. The Morgan fingerprint density at radius 3 is 2.50 bits per heavy atom. The van der Waals surface area contributed by atoms with Crippen LogP contribution >= 0.6 is 0 Å². The van der Waals surface area contributed by atoms with Crippen molar-refractivity contribution in [2.45, 2.75) is 33.6 Å². The van der Waals surface area contributed by atoms with Crippen LogP contribution in [0.4, 0.5) is 0 Å². The average Bonchev–Trinajstić information content (AvgIpc) is 3.47. The zero-order valence-electron chi connectivity index (χ0n) is 17.5. The molecule has 0 spiro atoms. The molecule has 2 aliphatic rings. The van der Waals surface area contributed by atoms with E-state index in [1.54, 1.807) is 0 Å². The van der Waals surface area contributed by atoms with Gasteiger partial charge in [-0.1, -0.05) is 13.8 Å². The van der Waals surface area contributed by atoms with Crippen LogP contribution in [0.3, 0.4) is 0 Å². The molecule has 1 N–H and O–H groups in total. The highest BCUT2D eigenvalue weighted by Gasteiger charge is 2.21. The third-order valence-electron chi connectivity index (χ3n) is 5.35. The highest BCUT2D eigenvalue weighted by Crippen LogP contribution is 2.28. The lowest BCUT2D eigenvalue weighted by atomic mass is 10.1. The lowest BCUT2D eigenvalue weighted by Gasteiger charge is -2.35. The molecule has 0 radical (unpaired) electrons. The summed E-state index contributed by atoms with van der Waals surface area (Å²) >= 11 is 0. The number of nitrogens with zero attached hydrogens (tertiary/aromatic N) is 4. The normalized spacial score (nSPS) is 21.0. The molecular formula is C20H41N5O. The van der Waals surface area contributed by atoms with Crippen molar-refractivity contribution in [2.24, 2.45) is 16.8 Å². The fourth-order valence-electron chi connectivity index (χ4n) is 3.34. The summed E-state index contributed by atoms with van der Waals surface area (Å²) in [5.41, 5.74) is 0. The second-order valence-corrected chi connectivity index (χ2v) is 7.97. The van der Waals surface area contributed by atoms with E-state index in [0.29, 0.717) is 5.92 Å². The van der Waals surface area contributed by atoms with Gasteiger partial charge < -0.3 is 24.8 Å². The highest BCUT2D eigenvalue weighted by molar-refractivity contribution is 5.79. The number of hydrogen-bond donors (Lipinski definition) is 1. The molecule has 26 heavy (non-hydrogen) atoms. The van der Waals surface area contributed by atoms with Crippen molar-refractivity contribution in [1.29, 1.82) is 0 Å². The van der Waals surface area contributed by atoms with Crippen LogP contribution in [0.2, 0.25) is 0 Å². The maximum Gasteiger partial charge on any atom is 0.193 e. The van der Waals surface area contributed by atoms with Gasteiger partial charge in [0.05, 0.1) is 6.61 Å². The molecule has 0 aromatic heterocycles. The minimum Gasteiger partial charge on any atom is -0.379 e. The second kappa shape index (κ2) is 11.8. The summed E-state index contributed by atoms with van der Waals surface area (Å²) in [6.07, 6.45) is 2.70. The van der Waals surface area contributed by atoms with Crippen LogP contribution in [-0.4, -0.2) is 99.8 Å². The Morgan fingerprint density at radius 2 is 1.88 bits per heavy atom. The van der Waals surface area contributed by atoms with Crippen molar-refractivity contribution in [1.82, 2.24) is 20.0 Å². The SMILES string of the molecule is CCNC(=NCC(C)CN1CCN(CC)CC1)N(C)CCOCC1CC1. The first-order valence-corrected chi connectivity index (χ1v) is 10.6. The second-order valence-electron chi connectivity index (χ2n) is 7.97. The summed E-state index contributed by atoms with van der Waals surface area (Å²) in [6.45, 7) is 18.2. The molecule has 1 atom stereocenters. The lowest BCUT2D eigenvalue weighted by Crippen LogP contribution is -2.47. The zero-order valence-corrected chi connectivity index (χ0v) is 17.5. The number of rotatable bonds is 11. The third kappa shape index (κ3) is 8.23. The summed E-state index contributed by atoms with van der Waals surface area (Å²) < 4.78 is 5.77. The Bertz CT molecular complexity index is 405. The zero-order chi connectivity index (χ0) is 18.8. The predicted molar refractivity (Wildman–Crippen MR) is 110 cm³/mol. The Balaban J connectivity index is 1.68. The van der Waals surface area contributed by atoms with Crippen LogP contribution in [0.1, 0.15) is 33.6 Å². The smallest absolute Gasteiger partial charge is 0.193 e. The molecule has 0 bridgehead atoms. The maximum absolute atomic E-state index is 5.77. The molecule has 0 aromatic rings. The number of ether oxygens (including phenoxy) is 1. The quantitative estimate of drug-likeness (QED) is 0.341. The molecule has 2 fully saturated rings. The van der Waals surface area contributed by atoms with E-state index < -0.39 is 0 Å².